The maximum atomic E-state index is 12.8. The fourth-order valence-electron chi connectivity index (χ4n) is 3.26. The highest BCUT2D eigenvalue weighted by atomic mass is 16.5. The van der Waals surface area contributed by atoms with E-state index in [4.69, 9.17) is 4.52 Å². The van der Waals surface area contributed by atoms with Crippen LogP contribution in [0.4, 0.5) is 11.8 Å². The van der Waals surface area contributed by atoms with Crippen LogP contribution in [0.5, 0.6) is 0 Å². The highest BCUT2D eigenvalue weighted by molar-refractivity contribution is 5.93. The van der Waals surface area contributed by atoms with Crippen molar-refractivity contribution in [2.75, 3.05) is 42.9 Å². The summed E-state index contributed by atoms with van der Waals surface area (Å²) in [6, 6.07) is 7.27. The summed E-state index contributed by atoms with van der Waals surface area (Å²) in [4.78, 5) is 29.9. The second-order valence-corrected chi connectivity index (χ2v) is 6.82. The standard InChI is InChI=1S/C20H23N7O2/c1-3-22-18-11-14(2)23-20(24-18)27-9-7-26(8-10-27)19(28)16-12-17(29-25-16)15-5-4-6-21-13-15/h4-6,11-13H,3,7-10H2,1-2H3,(H,22,23,24). The Bertz CT molecular complexity index is 982. The van der Waals surface area contributed by atoms with E-state index in [0.29, 0.717) is 43.6 Å². The lowest BCUT2D eigenvalue weighted by atomic mass is 10.2. The monoisotopic (exact) mass is 393 g/mol. The molecular formula is C20H23N7O2. The zero-order valence-corrected chi connectivity index (χ0v) is 16.5. The first kappa shape index (κ1) is 18.9. The third kappa shape index (κ3) is 4.18. The van der Waals surface area contributed by atoms with Crippen LogP contribution < -0.4 is 10.2 Å². The fourth-order valence-corrected chi connectivity index (χ4v) is 3.26. The van der Waals surface area contributed by atoms with Gasteiger partial charge in [-0.05, 0) is 26.0 Å². The van der Waals surface area contributed by atoms with Crippen molar-refractivity contribution in [1.29, 1.82) is 0 Å². The molecule has 0 atom stereocenters. The van der Waals surface area contributed by atoms with Crippen LogP contribution in [-0.4, -0.2) is 63.6 Å². The number of anilines is 2. The van der Waals surface area contributed by atoms with Crippen LogP contribution in [0.3, 0.4) is 0 Å². The predicted octanol–water partition coefficient (Wildman–Crippen LogP) is 2.23. The fraction of sp³-hybridized carbons (Fsp3) is 0.350. The summed E-state index contributed by atoms with van der Waals surface area (Å²) in [6.45, 7) is 7.25. The zero-order valence-electron chi connectivity index (χ0n) is 16.5. The van der Waals surface area contributed by atoms with Crippen molar-refractivity contribution in [2.45, 2.75) is 13.8 Å². The van der Waals surface area contributed by atoms with E-state index in [1.165, 1.54) is 0 Å². The second-order valence-electron chi connectivity index (χ2n) is 6.82. The molecular weight excluding hydrogens is 370 g/mol. The average Bonchev–Trinajstić information content (AvgIpc) is 3.24. The molecule has 0 saturated carbocycles. The van der Waals surface area contributed by atoms with Gasteiger partial charge in [0.2, 0.25) is 5.95 Å². The predicted molar refractivity (Wildman–Crippen MR) is 109 cm³/mol. The molecule has 0 spiro atoms. The number of aromatic nitrogens is 4. The van der Waals surface area contributed by atoms with Crippen LogP contribution >= 0.6 is 0 Å². The van der Waals surface area contributed by atoms with Gasteiger partial charge in [-0.15, -0.1) is 0 Å². The van der Waals surface area contributed by atoms with E-state index in [1.54, 1.807) is 23.4 Å². The summed E-state index contributed by atoms with van der Waals surface area (Å²) in [6.07, 6.45) is 3.36. The van der Waals surface area contributed by atoms with Gasteiger partial charge in [-0.25, -0.2) is 4.98 Å². The highest BCUT2D eigenvalue weighted by Gasteiger charge is 2.26. The van der Waals surface area contributed by atoms with Crippen molar-refractivity contribution in [3.63, 3.8) is 0 Å². The number of rotatable bonds is 5. The minimum Gasteiger partial charge on any atom is -0.370 e. The van der Waals surface area contributed by atoms with Crippen LogP contribution in [0.25, 0.3) is 11.3 Å². The number of carbonyl (C=O) groups excluding carboxylic acids is 1. The number of pyridine rings is 1. The lowest BCUT2D eigenvalue weighted by Gasteiger charge is -2.34. The lowest BCUT2D eigenvalue weighted by molar-refractivity contribution is 0.0736. The van der Waals surface area contributed by atoms with Crippen LogP contribution in [-0.2, 0) is 0 Å². The molecule has 1 aliphatic heterocycles. The molecule has 3 aromatic rings. The summed E-state index contributed by atoms with van der Waals surface area (Å²) in [5, 5.41) is 7.17. The van der Waals surface area contributed by atoms with Gasteiger partial charge >= 0.3 is 0 Å². The summed E-state index contributed by atoms with van der Waals surface area (Å²) in [7, 11) is 0. The molecule has 0 aliphatic carbocycles. The van der Waals surface area contributed by atoms with E-state index in [9.17, 15) is 4.79 Å². The number of hydrogen-bond acceptors (Lipinski definition) is 8. The molecule has 0 aromatic carbocycles. The summed E-state index contributed by atoms with van der Waals surface area (Å²) in [5.74, 6) is 1.90. The Kier molecular flexibility index (Phi) is 5.37. The van der Waals surface area contributed by atoms with Crippen molar-refractivity contribution in [2.24, 2.45) is 0 Å². The summed E-state index contributed by atoms with van der Waals surface area (Å²) < 4.78 is 5.33. The molecule has 4 heterocycles. The van der Waals surface area contributed by atoms with E-state index in [1.807, 2.05) is 32.0 Å². The molecule has 29 heavy (non-hydrogen) atoms. The Morgan fingerprint density at radius 3 is 2.76 bits per heavy atom. The van der Waals surface area contributed by atoms with Crippen LogP contribution in [0, 0.1) is 6.92 Å². The van der Waals surface area contributed by atoms with Crippen LogP contribution in [0.2, 0.25) is 0 Å². The van der Waals surface area contributed by atoms with Gasteiger partial charge < -0.3 is 19.6 Å². The van der Waals surface area contributed by atoms with Crippen molar-refractivity contribution in [3.8, 4) is 11.3 Å². The second kappa shape index (κ2) is 8.26. The Balaban J connectivity index is 1.41. The molecule has 3 aromatic heterocycles. The molecule has 1 saturated heterocycles. The molecule has 150 valence electrons. The molecule has 0 bridgehead atoms. The van der Waals surface area contributed by atoms with E-state index < -0.39 is 0 Å². The third-order valence-corrected chi connectivity index (χ3v) is 4.73. The van der Waals surface area contributed by atoms with Gasteiger partial charge in [0.25, 0.3) is 5.91 Å². The smallest absolute Gasteiger partial charge is 0.276 e. The largest absolute Gasteiger partial charge is 0.370 e. The van der Waals surface area contributed by atoms with Crippen molar-refractivity contribution in [1.82, 2.24) is 25.0 Å². The SMILES string of the molecule is CCNc1cc(C)nc(N2CCN(C(=O)c3cc(-c4cccnc4)on3)CC2)n1. The van der Waals surface area contributed by atoms with E-state index in [0.717, 1.165) is 23.6 Å². The van der Waals surface area contributed by atoms with E-state index >= 15 is 0 Å². The van der Waals surface area contributed by atoms with E-state index in [-0.39, 0.29) is 5.91 Å². The topological polar surface area (TPSA) is 100 Å². The van der Waals surface area contributed by atoms with Crippen molar-refractivity contribution >= 4 is 17.7 Å². The van der Waals surface area contributed by atoms with Gasteiger partial charge in [0.1, 0.15) is 5.82 Å². The molecule has 1 aliphatic rings. The minimum atomic E-state index is -0.137. The van der Waals surface area contributed by atoms with Gasteiger partial charge in [-0.1, -0.05) is 5.16 Å². The molecule has 0 radical (unpaired) electrons. The quantitative estimate of drug-likeness (QED) is 0.704. The molecule has 0 unspecified atom stereocenters. The Labute approximate surface area is 168 Å². The highest BCUT2D eigenvalue weighted by Crippen LogP contribution is 2.21. The number of amides is 1. The number of hydrogen-bond donors (Lipinski definition) is 1. The van der Waals surface area contributed by atoms with Gasteiger partial charge in [0.15, 0.2) is 11.5 Å². The average molecular weight is 393 g/mol. The molecule has 1 N–H and O–H groups in total. The van der Waals surface area contributed by atoms with Gasteiger partial charge in [-0.2, -0.15) is 4.98 Å². The van der Waals surface area contributed by atoms with Gasteiger partial charge in [0, 0.05) is 68.5 Å². The first-order valence-corrected chi connectivity index (χ1v) is 9.65. The lowest BCUT2D eigenvalue weighted by Crippen LogP contribution is -2.49. The molecule has 1 amide bonds. The minimum absolute atomic E-state index is 0.137. The first-order valence-electron chi connectivity index (χ1n) is 9.65. The Morgan fingerprint density at radius 1 is 1.21 bits per heavy atom. The molecule has 1 fully saturated rings. The van der Waals surface area contributed by atoms with Crippen LogP contribution in [0.15, 0.2) is 41.2 Å². The summed E-state index contributed by atoms with van der Waals surface area (Å²) >= 11 is 0. The van der Waals surface area contributed by atoms with Crippen molar-refractivity contribution < 1.29 is 9.32 Å². The number of aryl methyl sites for hydroxylation is 1. The number of piperazine rings is 1. The summed E-state index contributed by atoms with van der Waals surface area (Å²) in [5.41, 5.74) is 2.01. The Morgan fingerprint density at radius 2 is 2.03 bits per heavy atom. The van der Waals surface area contributed by atoms with Gasteiger partial charge in [-0.3, -0.25) is 9.78 Å². The third-order valence-electron chi connectivity index (χ3n) is 4.73. The van der Waals surface area contributed by atoms with Crippen molar-refractivity contribution in [3.05, 3.63) is 48.0 Å². The maximum absolute atomic E-state index is 12.8. The molecule has 4 rings (SSSR count). The maximum Gasteiger partial charge on any atom is 0.276 e. The van der Waals surface area contributed by atoms with Gasteiger partial charge in [0.05, 0.1) is 0 Å². The normalized spacial score (nSPS) is 14.1. The van der Waals surface area contributed by atoms with Crippen LogP contribution in [0.1, 0.15) is 23.1 Å². The number of nitrogens with one attached hydrogen (secondary N) is 1. The first-order chi connectivity index (χ1) is 14.1. The number of carbonyl (C=O) groups is 1. The zero-order chi connectivity index (χ0) is 20.2. The molecule has 9 nitrogen and oxygen atoms in total. The number of nitrogens with zero attached hydrogens (tertiary/aromatic N) is 6. The van der Waals surface area contributed by atoms with E-state index in [2.05, 4.69) is 30.3 Å². The molecule has 9 heteroatoms. The Hall–Kier alpha value is -3.49.